The SMILES string of the molecule is COC(=O)c1c(CCCO)c2ccc(Cl)c(-c3c(COCc4cc(CCc5cc(O[Si](c6ccccc6)(c6ccccc6)C(C)(C)C)c6ccc(F)cc6c5)n(C)n4)nn(C)c3C)c2n1C. The molecule has 0 aliphatic heterocycles. The Morgan fingerprint density at radius 2 is 1.48 bits per heavy atom. The lowest BCUT2D eigenvalue weighted by Gasteiger charge is -2.43. The second-order valence-electron chi connectivity index (χ2n) is 18.0. The minimum absolute atomic E-state index is 0.00782. The first-order valence-electron chi connectivity index (χ1n) is 22.3. The third-order valence-electron chi connectivity index (χ3n) is 12.8. The minimum Gasteiger partial charge on any atom is -0.534 e. The third-order valence-corrected chi connectivity index (χ3v) is 18.1. The van der Waals surface area contributed by atoms with E-state index in [1.165, 1.54) is 23.5 Å². The van der Waals surface area contributed by atoms with Gasteiger partial charge in [-0.2, -0.15) is 10.2 Å². The van der Waals surface area contributed by atoms with Gasteiger partial charge in [-0.25, -0.2) is 9.18 Å². The van der Waals surface area contributed by atoms with Crippen LogP contribution in [0.4, 0.5) is 4.39 Å². The molecule has 0 fully saturated rings. The van der Waals surface area contributed by atoms with E-state index < -0.39 is 14.3 Å². The molecule has 3 heterocycles. The van der Waals surface area contributed by atoms with Crippen LogP contribution in [0.2, 0.25) is 10.1 Å². The number of rotatable bonds is 16. The van der Waals surface area contributed by atoms with E-state index in [-0.39, 0.29) is 30.7 Å². The number of esters is 1. The molecule has 3 aromatic heterocycles. The Bertz CT molecular complexity index is 3010. The largest absolute Gasteiger partial charge is 0.534 e. The predicted octanol–water partition coefficient (Wildman–Crippen LogP) is 9.72. The van der Waals surface area contributed by atoms with Crippen molar-refractivity contribution in [1.82, 2.24) is 24.1 Å². The van der Waals surface area contributed by atoms with E-state index in [1.807, 2.05) is 72.3 Å². The minimum atomic E-state index is -2.99. The zero-order chi connectivity index (χ0) is 46.9. The lowest BCUT2D eigenvalue weighted by atomic mass is 9.98. The molecule has 0 aliphatic rings. The van der Waals surface area contributed by atoms with Gasteiger partial charge in [-0.1, -0.05) is 105 Å². The van der Waals surface area contributed by atoms with E-state index in [1.54, 1.807) is 6.07 Å². The van der Waals surface area contributed by atoms with Crippen LogP contribution in [0.15, 0.2) is 109 Å². The van der Waals surface area contributed by atoms with Gasteiger partial charge in [0.1, 0.15) is 17.3 Å². The number of nitrogens with zero attached hydrogens (tertiary/aromatic N) is 5. The third kappa shape index (κ3) is 8.70. The van der Waals surface area contributed by atoms with Gasteiger partial charge in [0.15, 0.2) is 0 Å². The Morgan fingerprint density at radius 1 is 0.803 bits per heavy atom. The molecule has 0 aliphatic carbocycles. The summed E-state index contributed by atoms with van der Waals surface area (Å²) in [5.74, 6) is -0.00474. The molecule has 66 heavy (non-hydrogen) atoms. The molecular weight excluding hydrogens is 869 g/mol. The Labute approximate surface area is 391 Å². The molecule has 8 rings (SSSR count). The zero-order valence-corrected chi connectivity index (χ0v) is 40.7. The normalized spacial score (nSPS) is 12.1. The molecule has 342 valence electrons. The Balaban J connectivity index is 1.05. The van der Waals surface area contributed by atoms with Crippen molar-refractivity contribution in [2.75, 3.05) is 13.7 Å². The van der Waals surface area contributed by atoms with E-state index in [2.05, 4.69) is 87.5 Å². The highest BCUT2D eigenvalue weighted by Gasteiger charge is 2.52. The number of carbonyl (C=O) groups excluding carboxylic acids is 1. The lowest BCUT2D eigenvalue weighted by molar-refractivity contribution is 0.0589. The Kier molecular flexibility index (Phi) is 13.4. The van der Waals surface area contributed by atoms with Crippen LogP contribution in [0.5, 0.6) is 5.75 Å². The number of aliphatic hydroxyl groups excluding tert-OH is 1. The summed E-state index contributed by atoms with van der Waals surface area (Å²) >= 11 is 7.03. The van der Waals surface area contributed by atoms with Crippen molar-refractivity contribution < 1.29 is 28.2 Å². The van der Waals surface area contributed by atoms with Crippen molar-refractivity contribution in [1.29, 1.82) is 0 Å². The van der Waals surface area contributed by atoms with Gasteiger partial charge < -0.3 is 23.6 Å². The summed E-state index contributed by atoms with van der Waals surface area (Å²) in [6, 6.07) is 36.1. The fourth-order valence-corrected chi connectivity index (χ4v) is 14.3. The molecule has 0 unspecified atom stereocenters. The maximum atomic E-state index is 14.9. The Morgan fingerprint density at radius 3 is 2.14 bits per heavy atom. The summed E-state index contributed by atoms with van der Waals surface area (Å²) in [7, 11) is 4.03. The summed E-state index contributed by atoms with van der Waals surface area (Å²) < 4.78 is 39.5. The molecule has 5 aromatic carbocycles. The van der Waals surface area contributed by atoms with Crippen LogP contribution in [-0.2, 0) is 63.1 Å². The zero-order valence-electron chi connectivity index (χ0n) is 38.9. The van der Waals surface area contributed by atoms with Crippen molar-refractivity contribution in [2.24, 2.45) is 21.1 Å². The Hall–Kier alpha value is -6.05. The highest BCUT2D eigenvalue weighted by molar-refractivity contribution is 7.00. The quantitative estimate of drug-likeness (QED) is 0.0761. The van der Waals surface area contributed by atoms with Gasteiger partial charge in [-0.3, -0.25) is 9.36 Å². The average Bonchev–Trinajstić information content (AvgIpc) is 3.90. The predicted molar refractivity (Wildman–Crippen MR) is 263 cm³/mol. The topological polar surface area (TPSA) is 106 Å². The fourth-order valence-electron chi connectivity index (χ4n) is 9.62. The number of halogens is 2. The van der Waals surface area contributed by atoms with Crippen molar-refractivity contribution in [3.63, 3.8) is 0 Å². The number of carbonyl (C=O) groups is 1. The maximum Gasteiger partial charge on any atom is 0.354 e. The van der Waals surface area contributed by atoms with Gasteiger partial charge in [0, 0.05) is 61.0 Å². The summed E-state index contributed by atoms with van der Waals surface area (Å²) in [4.78, 5) is 13.1. The summed E-state index contributed by atoms with van der Waals surface area (Å²) in [5, 5.41) is 24.5. The molecule has 0 saturated heterocycles. The molecule has 0 radical (unpaired) electrons. The van der Waals surface area contributed by atoms with E-state index in [0.717, 1.165) is 66.8 Å². The van der Waals surface area contributed by atoms with Crippen LogP contribution in [-0.4, -0.2) is 57.2 Å². The highest BCUT2D eigenvalue weighted by atomic mass is 35.5. The first kappa shape index (κ1) is 46.5. The van der Waals surface area contributed by atoms with E-state index in [0.29, 0.717) is 42.1 Å². The number of hydrogen-bond donors (Lipinski definition) is 1. The number of ether oxygens (including phenoxy) is 2. The molecule has 10 nitrogen and oxygen atoms in total. The maximum absolute atomic E-state index is 14.9. The molecule has 0 atom stereocenters. The molecule has 0 saturated carbocycles. The van der Waals surface area contributed by atoms with E-state index >= 15 is 0 Å². The van der Waals surface area contributed by atoms with Gasteiger partial charge >= 0.3 is 14.3 Å². The van der Waals surface area contributed by atoms with Crippen LogP contribution in [0.1, 0.15) is 71.6 Å². The highest BCUT2D eigenvalue weighted by Crippen LogP contribution is 2.43. The standard InChI is InChI=1S/C53H57ClFN5O5Si/c1-34-48(49-45(54)26-25-44-43(20-15-27-61)51(52(62)63-8)58(5)50(44)49)46(57-59(34)6)33-64-32-38-31-39(60(7)56-38)23-21-35-28-36-30-37(55)22-24-42(36)47(29-35)65-66(53(2,3)4,40-16-11-9-12-17-40)41-18-13-10-14-19-41/h9-14,16-19,22,24-26,28-31,61H,15,20-21,23,27,32-33H2,1-8H3. The van der Waals surface area contributed by atoms with E-state index in [9.17, 15) is 14.3 Å². The van der Waals surface area contributed by atoms with Gasteiger partial charge in [0.05, 0.1) is 42.3 Å². The molecule has 1 N–H and O–H groups in total. The molecule has 0 amide bonds. The molecular formula is C53H57ClFN5O5Si. The fraction of sp³-hybridized carbons (Fsp3) is 0.302. The lowest BCUT2D eigenvalue weighted by Crippen LogP contribution is -2.68. The molecule has 8 aromatic rings. The molecule has 0 spiro atoms. The number of fused-ring (bicyclic) bond motifs is 2. The second-order valence-corrected chi connectivity index (χ2v) is 22.7. The van der Waals surface area contributed by atoms with Crippen molar-refractivity contribution >= 4 is 57.9 Å². The van der Waals surface area contributed by atoms with Crippen molar-refractivity contribution in [3.8, 4) is 16.9 Å². The summed E-state index contributed by atoms with van der Waals surface area (Å²) in [6.45, 7) is 9.17. The second kappa shape index (κ2) is 19.0. The average molecular weight is 927 g/mol. The first-order chi connectivity index (χ1) is 31.7. The summed E-state index contributed by atoms with van der Waals surface area (Å²) in [5.41, 5.74) is 7.99. The van der Waals surface area contributed by atoms with Gasteiger partial charge in [-0.15, -0.1) is 0 Å². The summed E-state index contributed by atoms with van der Waals surface area (Å²) in [6.07, 6.45) is 2.34. The van der Waals surface area contributed by atoms with Gasteiger partial charge in [-0.05, 0) is 101 Å². The van der Waals surface area contributed by atoms with Crippen LogP contribution < -0.4 is 14.8 Å². The molecule has 0 bridgehead atoms. The molecule has 13 heteroatoms. The van der Waals surface area contributed by atoms with E-state index in [4.69, 9.17) is 35.7 Å². The number of aryl methyl sites for hydroxylation is 6. The van der Waals surface area contributed by atoms with Crippen LogP contribution in [0, 0.1) is 12.7 Å². The van der Waals surface area contributed by atoms with Crippen LogP contribution in [0.3, 0.4) is 0 Å². The first-order valence-corrected chi connectivity index (χ1v) is 24.6. The van der Waals surface area contributed by atoms with Crippen molar-refractivity contribution in [3.05, 3.63) is 160 Å². The number of aliphatic hydroxyl groups is 1. The van der Waals surface area contributed by atoms with Crippen LogP contribution in [0.25, 0.3) is 32.8 Å². The number of methoxy groups -OCH3 is 1. The number of benzene rings is 5. The number of aromatic nitrogens is 5. The smallest absolute Gasteiger partial charge is 0.354 e. The van der Waals surface area contributed by atoms with Crippen molar-refractivity contribution in [2.45, 2.75) is 71.6 Å². The number of hydrogen-bond acceptors (Lipinski definition) is 7. The van der Waals surface area contributed by atoms with Gasteiger partial charge in [0.2, 0.25) is 0 Å². The van der Waals surface area contributed by atoms with Gasteiger partial charge in [0.25, 0.3) is 0 Å². The van der Waals surface area contributed by atoms with Crippen LogP contribution >= 0.6 is 11.6 Å². The monoisotopic (exact) mass is 925 g/mol.